The SMILES string of the molecule is Ic1cnc(NCCN2CCCCCC2)nc1. The van der Waals surface area contributed by atoms with Gasteiger partial charge in [-0.1, -0.05) is 12.8 Å². The largest absolute Gasteiger partial charge is 0.353 e. The van der Waals surface area contributed by atoms with E-state index in [0.717, 1.165) is 22.6 Å². The number of hydrogen-bond acceptors (Lipinski definition) is 4. The Kier molecular flexibility index (Phi) is 5.44. The van der Waals surface area contributed by atoms with Crippen molar-refractivity contribution in [1.82, 2.24) is 14.9 Å². The second kappa shape index (κ2) is 7.10. The first-order chi connectivity index (χ1) is 8.34. The Hall–Kier alpha value is -0.430. The third-order valence-electron chi connectivity index (χ3n) is 3.03. The van der Waals surface area contributed by atoms with Crippen LogP contribution in [0, 0.1) is 3.57 Å². The van der Waals surface area contributed by atoms with Gasteiger partial charge in [0, 0.05) is 29.1 Å². The second-order valence-electron chi connectivity index (χ2n) is 4.41. The fourth-order valence-electron chi connectivity index (χ4n) is 2.09. The maximum atomic E-state index is 4.23. The Labute approximate surface area is 116 Å². The fraction of sp³-hybridized carbons (Fsp3) is 0.667. The molecule has 1 aromatic heterocycles. The third-order valence-corrected chi connectivity index (χ3v) is 3.59. The van der Waals surface area contributed by atoms with Gasteiger partial charge in [0.2, 0.25) is 5.95 Å². The van der Waals surface area contributed by atoms with Gasteiger partial charge >= 0.3 is 0 Å². The van der Waals surface area contributed by atoms with Crippen molar-refractivity contribution in [2.75, 3.05) is 31.5 Å². The van der Waals surface area contributed by atoms with Gasteiger partial charge in [-0.25, -0.2) is 9.97 Å². The molecule has 0 spiro atoms. The number of anilines is 1. The summed E-state index contributed by atoms with van der Waals surface area (Å²) in [5, 5.41) is 3.27. The summed E-state index contributed by atoms with van der Waals surface area (Å²) < 4.78 is 1.07. The van der Waals surface area contributed by atoms with Gasteiger partial charge in [0.1, 0.15) is 0 Å². The van der Waals surface area contributed by atoms with Crippen LogP contribution < -0.4 is 5.32 Å². The lowest BCUT2D eigenvalue weighted by molar-refractivity contribution is 0.296. The maximum absolute atomic E-state index is 4.23. The molecule has 5 heteroatoms. The minimum Gasteiger partial charge on any atom is -0.353 e. The molecule has 0 radical (unpaired) electrons. The standard InChI is InChI=1S/C12H19IN4/c13-11-9-15-12(16-10-11)14-5-8-17-6-3-1-2-4-7-17/h9-10H,1-8H2,(H,14,15,16). The zero-order valence-electron chi connectivity index (χ0n) is 10.0. The minimum absolute atomic E-state index is 0.736. The highest BCUT2D eigenvalue weighted by Gasteiger charge is 2.08. The Bertz CT molecular complexity index is 320. The van der Waals surface area contributed by atoms with Gasteiger partial charge in [-0.15, -0.1) is 0 Å². The van der Waals surface area contributed by atoms with Crippen molar-refractivity contribution in [3.63, 3.8) is 0 Å². The summed E-state index contributed by atoms with van der Waals surface area (Å²) >= 11 is 2.21. The molecule has 0 aromatic carbocycles. The summed E-state index contributed by atoms with van der Waals surface area (Å²) in [7, 11) is 0. The van der Waals surface area contributed by atoms with E-state index in [0.29, 0.717) is 0 Å². The summed E-state index contributed by atoms with van der Waals surface area (Å²) in [5.74, 6) is 0.736. The summed E-state index contributed by atoms with van der Waals surface area (Å²) in [6.07, 6.45) is 9.15. The average molecular weight is 346 g/mol. The van der Waals surface area contributed by atoms with Crippen LogP contribution in [0.1, 0.15) is 25.7 Å². The van der Waals surface area contributed by atoms with Crippen LogP contribution in [0.4, 0.5) is 5.95 Å². The number of nitrogens with one attached hydrogen (secondary N) is 1. The molecule has 0 atom stereocenters. The number of likely N-dealkylation sites (tertiary alicyclic amines) is 1. The van der Waals surface area contributed by atoms with Crippen LogP contribution >= 0.6 is 22.6 Å². The van der Waals surface area contributed by atoms with Crippen molar-refractivity contribution in [2.24, 2.45) is 0 Å². The Morgan fingerprint density at radius 1 is 1.12 bits per heavy atom. The molecule has 0 aliphatic carbocycles. The number of nitrogens with zero attached hydrogens (tertiary/aromatic N) is 3. The lowest BCUT2D eigenvalue weighted by Crippen LogP contribution is -2.30. The van der Waals surface area contributed by atoms with Crippen molar-refractivity contribution in [3.05, 3.63) is 16.0 Å². The number of aromatic nitrogens is 2. The molecule has 0 bridgehead atoms. The van der Waals surface area contributed by atoms with Crippen molar-refractivity contribution >= 4 is 28.5 Å². The van der Waals surface area contributed by atoms with E-state index in [-0.39, 0.29) is 0 Å². The van der Waals surface area contributed by atoms with Crippen LogP contribution in [0.5, 0.6) is 0 Å². The smallest absolute Gasteiger partial charge is 0.222 e. The monoisotopic (exact) mass is 346 g/mol. The predicted molar refractivity (Wildman–Crippen MR) is 78.1 cm³/mol. The van der Waals surface area contributed by atoms with Crippen LogP contribution in [-0.4, -0.2) is 41.0 Å². The molecule has 17 heavy (non-hydrogen) atoms. The summed E-state index contributed by atoms with van der Waals surface area (Å²) in [5.41, 5.74) is 0. The molecule has 0 amide bonds. The van der Waals surface area contributed by atoms with Gasteiger partial charge < -0.3 is 10.2 Å². The molecule has 0 saturated carbocycles. The fourth-order valence-corrected chi connectivity index (χ4v) is 2.37. The normalized spacial score (nSPS) is 17.7. The third kappa shape index (κ3) is 4.75. The van der Waals surface area contributed by atoms with Crippen molar-refractivity contribution < 1.29 is 0 Å². The van der Waals surface area contributed by atoms with Gasteiger partial charge in [-0.2, -0.15) is 0 Å². The first-order valence-corrected chi connectivity index (χ1v) is 7.36. The molecule has 1 aliphatic rings. The topological polar surface area (TPSA) is 41.1 Å². The Morgan fingerprint density at radius 2 is 1.76 bits per heavy atom. The summed E-state index contributed by atoms with van der Waals surface area (Å²) in [6, 6.07) is 0. The number of hydrogen-bond donors (Lipinski definition) is 1. The Balaban J connectivity index is 1.69. The molecule has 1 N–H and O–H groups in total. The van der Waals surface area contributed by atoms with Gasteiger partial charge in [0.15, 0.2) is 0 Å². The summed E-state index contributed by atoms with van der Waals surface area (Å²) in [6.45, 7) is 4.51. The highest BCUT2D eigenvalue weighted by atomic mass is 127. The number of rotatable bonds is 4. The lowest BCUT2D eigenvalue weighted by Gasteiger charge is -2.19. The van der Waals surface area contributed by atoms with Gasteiger partial charge in [0.25, 0.3) is 0 Å². The van der Waals surface area contributed by atoms with Gasteiger partial charge in [-0.05, 0) is 48.5 Å². The van der Waals surface area contributed by atoms with Crippen molar-refractivity contribution in [1.29, 1.82) is 0 Å². The zero-order valence-corrected chi connectivity index (χ0v) is 12.2. The lowest BCUT2D eigenvalue weighted by atomic mass is 10.2. The van der Waals surface area contributed by atoms with E-state index in [2.05, 4.69) is 42.8 Å². The number of halogens is 1. The zero-order chi connectivity index (χ0) is 11.9. The van der Waals surface area contributed by atoms with E-state index in [4.69, 9.17) is 0 Å². The quantitative estimate of drug-likeness (QED) is 0.850. The van der Waals surface area contributed by atoms with E-state index in [1.54, 1.807) is 0 Å². The Morgan fingerprint density at radius 3 is 2.41 bits per heavy atom. The first-order valence-electron chi connectivity index (χ1n) is 6.28. The summed E-state index contributed by atoms with van der Waals surface area (Å²) in [4.78, 5) is 11.0. The van der Waals surface area contributed by atoms with Crippen molar-refractivity contribution in [2.45, 2.75) is 25.7 Å². The van der Waals surface area contributed by atoms with E-state index in [9.17, 15) is 0 Å². The molecule has 2 heterocycles. The molecular weight excluding hydrogens is 327 g/mol. The molecule has 1 aromatic rings. The highest BCUT2D eigenvalue weighted by Crippen LogP contribution is 2.09. The molecule has 4 nitrogen and oxygen atoms in total. The van der Waals surface area contributed by atoms with E-state index in [1.165, 1.54) is 38.8 Å². The first kappa shape index (κ1) is 13.0. The maximum Gasteiger partial charge on any atom is 0.222 e. The highest BCUT2D eigenvalue weighted by molar-refractivity contribution is 14.1. The van der Waals surface area contributed by atoms with Crippen LogP contribution in [0.3, 0.4) is 0 Å². The van der Waals surface area contributed by atoms with Gasteiger partial charge in [0.05, 0.1) is 0 Å². The van der Waals surface area contributed by atoms with E-state index >= 15 is 0 Å². The van der Waals surface area contributed by atoms with Gasteiger partial charge in [-0.3, -0.25) is 0 Å². The molecule has 94 valence electrons. The second-order valence-corrected chi connectivity index (χ2v) is 5.65. The van der Waals surface area contributed by atoms with Crippen LogP contribution in [0.25, 0.3) is 0 Å². The van der Waals surface area contributed by atoms with Crippen LogP contribution in [0.2, 0.25) is 0 Å². The molecule has 1 aliphatic heterocycles. The molecule has 1 saturated heterocycles. The molecule has 0 unspecified atom stereocenters. The van der Waals surface area contributed by atoms with Crippen molar-refractivity contribution in [3.8, 4) is 0 Å². The minimum atomic E-state index is 0.736. The van der Waals surface area contributed by atoms with Crippen LogP contribution in [-0.2, 0) is 0 Å². The van der Waals surface area contributed by atoms with E-state index < -0.39 is 0 Å². The average Bonchev–Trinajstić information content (AvgIpc) is 2.60. The molecule has 1 fully saturated rings. The molecular formula is C12H19IN4. The molecule has 2 rings (SSSR count). The van der Waals surface area contributed by atoms with E-state index in [1.807, 2.05) is 12.4 Å². The van der Waals surface area contributed by atoms with Crippen LogP contribution in [0.15, 0.2) is 12.4 Å². The predicted octanol–water partition coefficient (Wildman–Crippen LogP) is 2.37.